The Hall–Kier alpha value is -1.86. The Bertz CT molecular complexity index is 549. The fraction of sp³-hybridized carbons (Fsp3) is 0.500. The third-order valence-electron chi connectivity index (χ3n) is 4.42. The van der Waals surface area contributed by atoms with Crippen molar-refractivity contribution in [3.63, 3.8) is 0 Å². The van der Waals surface area contributed by atoms with Gasteiger partial charge in [0.2, 0.25) is 5.91 Å². The van der Waals surface area contributed by atoms with Crippen molar-refractivity contribution in [2.24, 2.45) is 5.92 Å². The SMILES string of the molecule is N#Cc1cccc(NC(=O)CCN2CC3CCC2C3)c1. The van der Waals surface area contributed by atoms with E-state index in [1.165, 1.54) is 25.8 Å². The first-order chi connectivity index (χ1) is 9.74. The van der Waals surface area contributed by atoms with Gasteiger partial charge in [0.05, 0.1) is 11.6 Å². The van der Waals surface area contributed by atoms with Crippen molar-refractivity contribution in [3.8, 4) is 6.07 Å². The van der Waals surface area contributed by atoms with Gasteiger partial charge in [0.25, 0.3) is 0 Å². The minimum Gasteiger partial charge on any atom is -0.326 e. The second kappa shape index (κ2) is 5.64. The molecule has 2 unspecified atom stereocenters. The maximum Gasteiger partial charge on any atom is 0.225 e. The van der Waals surface area contributed by atoms with Crippen molar-refractivity contribution < 1.29 is 4.79 Å². The number of likely N-dealkylation sites (tertiary alicyclic amines) is 1. The van der Waals surface area contributed by atoms with E-state index in [1.54, 1.807) is 18.2 Å². The van der Waals surface area contributed by atoms with Crippen LogP contribution in [0, 0.1) is 17.2 Å². The summed E-state index contributed by atoms with van der Waals surface area (Å²) in [4.78, 5) is 14.4. The summed E-state index contributed by atoms with van der Waals surface area (Å²) >= 11 is 0. The van der Waals surface area contributed by atoms with Gasteiger partial charge in [-0.2, -0.15) is 5.26 Å². The standard InChI is InChI=1S/C16H19N3O/c17-10-12-2-1-3-14(8-12)18-16(20)6-7-19-11-13-4-5-15(19)9-13/h1-3,8,13,15H,4-7,9,11H2,(H,18,20). The molecule has 1 saturated heterocycles. The van der Waals surface area contributed by atoms with Gasteiger partial charge in [-0.15, -0.1) is 0 Å². The van der Waals surface area contributed by atoms with Crippen LogP contribution in [0.4, 0.5) is 5.69 Å². The van der Waals surface area contributed by atoms with E-state index in [2.05, 4.69) is 16.3 Å². The van der Waals surface area contributed by atoms with E-state index in [9.17, 15) is 4.79 Å². The Labute approximate surface area is 119 Å². The predicted octanol–water partition coefficient (Wildman–Crippen LogP) is 2.37. The van der Waals surface area contributed by atoms with E-state index in [-0.39, 0.29) is 5.91 Å². The zero-order valence-corrected chi connectivity index (χ0v) is 11.5. The summed E-state index contributed by atoms with van der Waals surface area (Å²) < 4.78 is 0. The number of carbonyl (C=O) groups excluding carboxylic acids is 1. The Morgan fingerprint density at radius 1 is 1.45 bits per heavy atom. The predicted molar refractivity (Wildman–Crippen MR) is 77.1 cm³/mol. The van der Waals surface area contributed by atoms with Crippen LogP contribution in [0.5, 0.6) is 0 Å². The first kappa shape index (κ1) is 13.1. The monoisotopic (exact) mass is 269 g/mol. The summed E-state index contributed by atoms with van der Waals surface area (Å²) in [5.74, 6) is 0.901. The molecule has 0 radical (unpaired) electrons. The Morgan fingerprint density at radius 3 is 3.05 bits per heavy atom. The minimum atomic E-state index is 0.0304. The first-order valence-corrected chi connectivity index (χ1v) is 7.28. The molecule has 104 valence electrons. The Morgan fingerprint density at radius 2 is 2.35 bits per heavy atom. The Kier molecular flexibility index (Phi) is 3.70. The number of piperidine rings is 1. The molecular formula is C16H19N3O. The topological polar surface area (TPSA) is 56.1 Å². The summed E-state index contributed by atoms with van der Waals surface area (Å²) in [6.07, 6.45) is 4.52. The fourth-order valence-corrected chi connectivity index (χ4v) is 3.44. The number of hydrogen-bond donors (Lipinski definition) is 1. The third-order valence-corrected chi connectivity index (χ3v) is 4.42. The van der Waals surface area contributed by atoms with Gasteiger partial charge in [-0.05, 0) is 43.4 Å². The lowest BCUT2D eigenvalue weighted by molar-refractivity contribution is -0.116. The lowest BCUT2D eigenvalue weighted by atomic mass is 10.1. The molecule has 20 heavy (non-hydrogen) atoms. The number of rotatable bonds is 4. The molecule has 2 fully saturated rings. The van der Waals surface area contributed by atoms with E-state index < -0.39 is 0 Å². The van der Waals surface area contributed by atoms with Crippen LogP contribution in [0.15, 0.2) is 24.3 Å². The smallest absolute Gasteiger partial charge is 0.225 e. The number of benzene rings is 1. The van der Waals surface area contributed by atoms with E-state index in [1.807, 2.05) is 6.07 Å². The third kappa shape index (κ3) is 2.83. The van der Waals surface area contributed by atoms with Gasteiger partial charge in [0.15, 0.2) is 0 Å². The zero-order chi connectivity index (χ0) is 13.9. The highest BCUT2D eigenvalue weighted by Gasteiger charge is 2.37. The Balaban J connectivity index is 1.49. The van der Waals surface area contributed by atoms with Gasteiger partial charge in [0.1, 0.15) is 0 Å². The summed E-state index contributed by atoms with van der Waals surface area (Å²) in [6.45, 7) is 2.02. The first-order valence-electron chi connectivity index (χ1n) is 7.28. The number of anilines is 1. The molecule has 1 heterocycles. The van der Waals surface area contributed by atoms with Gasteiger partial charge < -0.3 is 5.32 Å². The molecule has 1 aliphatic carbocycles. The van der Waals surface area contributed by atoms with Crippen molar-refractivity contribution in [1.82, 2.24) is 4.90 Å². The van der Waals surface area contributed by atoms with Crippen LogP contribution in [0.25, 0.3) is 0 Å². The normalized spacial score (nSPS) is 24.6. The summed E-state index contributed by atoms with van der Waals surface area (Å²) in [7, 11) is 0. The number of nitrogens with zero attached hydrogens (tertiary/aromatic N) is 2. The zero-order valence-electron chi connectivity index (χ0n) is 11.5. The number of hydrogen-bond acceptors (Lipinski definition) is 3. The molecule has 3 rings (SSSR count). The molecule has 2 aliphatic rings. The fourth-order valence-electron chi connectivity index (χ4n) is 3.44. The highest BCUT2D eigenvalue weighted by molar-refractivity contribution is 5.90. The molecule has 1 aliphatic heterocycles. The molecule has 1 N–H and O–H groups in total. The summed E-state index contributed by atoms with van der Waals surface area (Å²) in [5, 5.41) is 11.7. The molecule has 4 heteroatoms. The number of amides is 1. The maximum absolute atomic E-state index is 12.0. The molecule has 0 aromatic heterocycles. The number of carbonyl (C=O) groups is 1. The average Bonchev–Trinajstić information content (AvgIpc) is 3.08. The lowest BCUT2D eigenvalue weighted by Gasteiger charge is -2.26. The van der Waals surface area contributed by atoms with Gasteiger partial charge in [-0.25, -0.2) is 0 Å². The van der Waals surface area contributed by atoms with E-state index in [0.29, 0.717) is 17.7 Å². The number of nitriles is 1. The van der Waals surface area contributed by atoms with E-state index >= 15 is 0 Å². The number of fused-ring (bicyclic) bond motifs is 2. The van der Waals surface area contributed by atoms with Crippen LogP contribution < -0.4 is 5.32 Å². The maximum atomic E-state index is 12.0. The molecule has 2 bridgehead atoms. The van der Waals surface area contributed by atoms with Gasteiger partial charge in [0, 0.05) is 31.2 Å². The van der Waals surface area contributed by atoms with Crippen LogP contribution in [-0.2, 0) is 4.79 Å². The van der Waals surface area contributed by atoms with Crippen LogP contribution in [0.3, 0.4) is 0 Å². The molecule has 1 amide bonds. The highest BCUT2D eigenvalue weighted by atomic mass is 16.1. The van der Waals surface area contributed by atoms with E-state index in [0.717, 1.165) is 18.5 Å². The molecule has 1 saturated carbocycles. The second-order valence-electron chi connectivity index (χ2n) is 5.82. The van der Waals surface area contributed by atoms with Crippen molar-refractivity contribution in [2.45, 2.75) is 31.7 Å². The van der Waals surface area contributed by atoms with Crippen LogP contribution in [0.1, 0.15) is 31.2 Å². The molecule has 2 atom stereocenters. The second-order valence-corrected chi connectivity index (χ2v) is 5.82. The largest absolute Gasteiger partial charge is 0.326 e. The van der Waals surface area contributed by atoms with Crippen molar-refractivity contribution in [2.75, 3.05) is 18.4 Å². The van der Waals surface area contributed by atoms with Crippen molar-refractivity contribution >= 4 is 11.6 Å². The molecule has 1 aromatic carbocycles. The van der Waals surface area contributed by atoms with Gasteiger partial charge >= 0.3 is 0 Å². The molecule has 0 spiro atoms. The molecule has 1 aromatic rings. The summed E-state index contributed by atoms with van der Waals surface area (Å²) in [6, 6.07) is 9.83. The van der Waals surface area contributed by atoms with E-state index in [4.69, 9.17) is 5.26 Å². The minimum absolute atomic E-state index is 0.0304. The molecule has 4 nitrogen and oxygen atoms in total. The molecular weight excluding hydrogens is 250 g/mol. The van der Waals surface area contributed by atoms with Crippen LogP contribution in [-0.4, -0.2) is 29.9 Å². The van der Waals surface area contributed by atoms with Gasteiger partial charge in [-0.3, -0.25) is 9.69 Å². The highest BCUT2D eigenvalue weighted by Crippen LogP contribution is 2.37. The van der Waals surface area contributed by atoms with Crippen LogP contribution >= 0.6 is 0 Å². The van der Waals surface area contributed by atoms with Crippen molar-refractivity contribution in [3.05, 3.63) is 29.8 Å². The summed E-state index contributed by atoms with van der Waals surface area (Å²) in [5.41, 5.74) is 1.27. The van der Waals surface area contributed by atoms with Crippen LogP contribution in [0.2, 0.25) is 0 Å². The lowest BCUT2D eigenvalue weighted by Crippen LogP contribution is -2.34. The average molecular weight is 269 g/mol. The van der Waals surface area contributed by atoms with Crippen molar-refractivity contribution in [1.29, 1.82) is 5.26 Å². The quantitative estimate of drug-likeness (QED) is 0.913. The van der Waals surface area contributed by atoms with Gasteiger partial charge in [-0.1, -0.05) is 6.07 Å². The number of nitrogens with one attached hydrogen (secondary N) is 1.